The molecule has 1 aromatic heterocycles. The normalized spacial score (nSPS) is 26.3. The third-order valence-corrected chi connectivity index (χ3v) is 6.70. The predicted octanol–water partition coefficient (Wildman–Crippen LogP) is 1.50. The third-order valence-electron chi connectivity index (χ3n) is 4.51. The number of hydrogen-bond acceptors (Lipinski definition) is 3. The third kappa shape index (κ3) is 1.80. The van der Waals surface area contributed by atoms with Gasteiger partial charge in [-0.25, -0.2) is 13.2 Å². The van der Waals surface area contributed by atoms with Crippen LogP contribution >= 0.6 is 0 Å². The molecule has 1 aliphatic carbocycles. The summed E-state index contributed by atoms with van der Waals surface area (Å²) in [7, 11) is -3.60. The molecule has 2 unspecified atom stereocenters. The average molecular weight is 298 g/mol. The van der Waals surface area contributed by atoms with Crippen LogP contribution in [0.25, 0.3) is 0 Å². The van der Waals surface area contributed by atoms with E-state index in [2.05, 4.69) is 4.98 Å². The Morgan fingerprint density at radius 1 is 1.35 bits per heavy atom. The van der Waals surface area contributed by atoms with Crippen molar-refractivity contribution in [2.45, 2.75) is 44.0 Å². The minimum atomic E-state index is -3.60. The van der Waals surface area contributed by atoms with Gasteiger partial charge in [0.05, 0.1) is 0 Å². The minimum absolute atomic E-state index is 0.0366. The van der Waals surface area contributed by atoms with Crippen molar-refractivity contribution in [3.63, 3.8) is 0 Å². The number of carboxylic acid groups (broad SMARTS) is 1. The van der Waals surface area contributed by atoms with Gasteiger partial charge in [-0.3, -0.25) is 0 Å². The van der Waals surface area contributed by atoms with Crippen LogP contribution in [0.1, 0.15) is 41.0 Å². The molecule has 2 aliphatic rings. The molecule has 110 valence electrons. The molecule has 2 bridgehead atoms. The van der Waals surface area contributed by atoms with E-state index < -0.39 is 16.0 Å². The lowest BCUT2D eigenvalue weighted by Crippen LogP contribution is -2.38. The van der Waals surface area contributed by atoms with Crippen LogP contribution < -0.4 is 0 Å². The van der Waals surface area contributed by atoms with E-state index in [0.29, 0.717) is 23.7 Å². The summed E-state index contributed by atoms with van der Waals surface area (Å²) in [5.41, 5.74) is 0.672. The summed E-state index contributed by atoms with van der Waals surface area (Å²) in [4.78, 5) is 13.9. The number of nitrogens with zero attached hydrogens (tertiary/aromatic N) is 1. The number of H-pyrrole nitrogens is 1. The second kappa shape index (κ2) is 4.33. The van der Waals surface area contributed by atoms with Crippen LogP contribution in [0.5, 0.6) is 0 Å². The monoisotopic (exact) mass is 298 g/mol. The molecular weight excluding hydrogens is 280 g/mol. The van der Waals surface area contributed by atoms with Gasteiger partial charge in [0, 0.05) is 23.8 Å². The summed E-state index contributed by atoms with van der Waals surface area (Å²) in [5, 5.41) is 9.10. The summed E-state index contributed by atoms with van der Waals surface area (Å²) in [5.74, 6) is -0.664. The zero-order valence-corrected chi connectivity index (χ0v) is 12.3. The van der Waals surface area contributed by atoms with Gasteiger partial charge in [0.1, 0.15) is 10.6 Å². The lowest BCUT2D eigenvalue weighted by molar-refractivity contribution is 0.0690. The Kier molecular flexibility index (Phi) is 2.95. The van der Waals surface area contributed by atoms with Gasteiger partial charge in [0.2, 0.25) is 10.0 Å². The number of nitrogens with one attached hydrogen (secondary N) is 1. The summed E-state index contributed by atoms with van der Waals surface area (Å²) in [6.07, 6.45) is 2.95. The van der Waals surface area contributed by atoms with Gasteiger partial charge in [-0.15, -0.1) is 0 Å². The van der Waals surface area contributed by atoms with Crippen molar-refractivity contribution in [3.05, 3.63) is 17.0 Å². The fourth-order valence-electron chi connectivity index (χ4n) is 3.62. The average Bonchev–Trinajstić information content (AvgIpc) is 3.03. The molecule has 6 nitrogen and oxygen atoms in total. The number of aromatic amines is 1. The number of fused-ring (bicyclic) bond motifs is 2. The molecule has 7 heteroatoms. The van der Waals surface area contributed by atoms with Crippen molar-refractivity contribution in [3.8, 4) is 0 Å². The zero-order valence-electron chi connectivity index (χ0n) is 11.5. The highest BCUT2D eigenvalue weighted by Gasteiger charge is 2.45. The smallest absolute Gasteiger partial charge is 0.352 e. The van der Waals surface area contributed by atoms with Crippen molar-refractivity contribution in [1.29, 1.82) is 0 Å². The summed E-state index contributed by atoms with van der Waals surface area (Å²) in [6, 6.07) is 0.0898. The van der Waals surface area contributed by atoms with E-state index in [0.717, 1.165) is 19.3 Å². The number of piperidine rings is 1. The Morgan fingerprint density at radius 2 is 2.05 bits per heavy atom. The lowest BCUT2D eigenvalue weighted by Gasteiger charge is -2.26. The van der Waals surface area contributed by atoms with Crippen LogP contribution in [0.3, 0.4) is 0 Å². The highest BCUT2D eigenvalue weighted by Crippen LogP contribution is 2.41. The van der Waals surface area contributed by atoms with Gasteiger partial charge in [-0.1, -0.05) is 0 Å². The highest BCUT2D eigenvalue weighted by molar-refractivity contribution is 7.89. The van der Waals surface area contributed by atoms with Crippen molar-refractivity contribution in [1.82, 2.24) is 9.29 Å². The first-order valence-electron chi connectivity index (χ1n) is 6.76. The Balaban J connectivity index is 2.06. The van der Waals surface area contributed by atoms with E-state index in [4.69, 9.17) is 5.11 Å². The quantitative estimate of drug-likeness (QED) is 0.885. The number of carbonyl (C=O) groups is 1. The van der Waals surface area contributed by atoms with Crippen molar-refractivity contribution in [2.24, 2.45) is 5.92 Å². The van der Waals surface area contributed by atoms with E-state index in [-0.39, 0.29) is 16.6 Å². The van der Waals surface area contributed by atoms with Gasteiger partial charge in [-0.05, 0) is 39.0 Å². The summed E-state index contributed by atoms with van der Waals surface area (Å²) in [6.45, 7) is 3.73. The SMILES string of the molecule is Cc1[nH]c(C(=O)O)c(C)c1S(=O)(=O)N1CC2CCC1C2. The summed E-state index contributed by atoms with van der Waals surface area (Å²) >= 11 is 0. The number of aromatic nitrogens is 1. The fourth-order valence-corrected chi connectivity index (χ4v) is 5.78. The van der Waals surface area contributed by atoms with Crippen LogP contribution in [0.2, 0.25) is 0 Å². The van der Waals surface area contributed by atoms with E-state index in [1.165, 1.54) is 0 Å². The molecule has 0 amide bonds. The van der Waals surface area contributed by atoms with E-state index in [1.54, 1.807) is 18.2 Å². The molecule has 3 rings (SSSR count). The predicted molar refractivity (Wildman–Crippen MR) is 72.2 cm³/mol. The van der Waals surface area contributed by atoms with Crippen molar-refractivity contribution >= 4 is 16.0 Å². The summed E-state index contributed by atoms with van der Waals surface area (Å²) < 4.78 is 27.2. The largest absolute Gasteiger partial charge is 0.477 e. The van der Waals surface area contributed by atoms with Crippen LogP contribution in [-0.4, -0.2) is 41.4 Å². The molecule has 0 spiro atoms. The maximum atomic E-state index is 12.8. The Labute approximate surface area is 117 Å². The molecule has 2 heterocycles. The Bertz CT molecular complexity index is 677. The van der Waals surface area contributed by atoms with E-state index >= 15 is 0 Å². The van der Waals surface area contributed by atoms with Crippen molar-refractivity contribution in [2.75, 3.05) is 6.54 Å². The number of hydrogen-bond donors (Lipinski definition) is 2. The van der Waals surface area contributed by atoms with Gasteiger partial charge in [0.25, 0.3) is 0 Å². The minimum Gasteiger partial charge on any atom is -0.477 e. The fraction of sp³-hybridized carbons (Fsp3) is 0.615. The van der Waals surface area contributed by atoms with Crippen LogP contribution in [0.4, 0.5) is 0 Å². The standard InChI is InChI=1S/C13H18N2O4S/c1-7-11(13(16)17)14-8(2)12(7)20(18,19)15-6-9-3-4-10(15)5-9/h9-10,14H,3-6H2,1-2H3,(H,16,17). The maximum Gasteiger partial charge on any atom is 0.352 e. The molecular formula is C13H18N2O4S. The second-order valence-corrected chi connectivity index (χ2v) is 7.62. The number of rotatable bonds is 3. The van der Waals surface area contributed by atoms with E-state index in [9.17, 15) is 13.2 Å². The Morgan fingerprint density at radius 3 is 2.50 bits per heavy atom. The number of aromatic carboxylic acids is 1. The molecule has 1 aromatic rings. The topological polar surface area (TPSA) is 90.5 Å². The second-order valence-electron chi connectivity index (χ2n) is 5.79. The van der Waals surface area contributed by atoms with Crippen LogP contribution in [-0.2, 0) is 10.0 Å². The first-order chi connectivity index (χ1) is 9.32. The van der Waals surface area contributed by atoms with E-state index in [1.807, 2.05) is 0 Å². The van der Waals surface area contributed by atoms with Gasteiger partial charge < -0.3 is 10.1 Å². The first-order valence-corrected chi connectivity index (χ1v) is 8.20. The zero-order chi connectivity index (χ0) is 14.7. The van der Waals surface area contributed by atoms with Gasteiger partial charge >= 0.3 is 5.97 Å². The lowest BCUT2D eigenvalue weighted by atomic mass is 10.1. The highest BCUT2D eigenvalue weighted by atomic mass is 32.2. The molecule has 1 saturated heterocycles. The molecule has 2 N–H and O–H groups in total. The molecule has 2 atom stereocenters. The number of sulfonamides is 1. The molecule has 0 aromatic carbocycles. The van der Waals surface area contributed by atoms with Crippen LogP contribution in [0, 0.1) is 19.8 Å². The van der Waals surface area contributed by atoms with Gasteiger partial charge in [0.15, 0.2) is 0 Å². The number of aryl methyl sites for hydroxylation is 1. The molecule has 1 aliphatic heterocycles. The molecule has 1 saturated carbocycles. The maximum absolute atomic E-state index is 12.8. The molecule has 0 radical (unpaired) electrons. The first kappa shape index (κ1) is 13.6. The molecule has 20 heavy (non-hydrogen) atoms. The van der Waals surface area contributed by atoms with Crippen LogP contribution in [0.15, 0.2) is 4.90 Å². The Hall–Kier alpha value is -1.34. The molecule has 2 fully saturated rings. The van der Waals surface area contributed by atoms with Crippen molar-refractivity contribution < 1.29 is 18.3 Å². The van der Waals surface area contributed by atoms with Gasteiger partial charge in [-0.2, -0.15) is 4.31 Å². The number of carboxylic acids is 1.